The van der Waals surface area contributed by atoms with E-state index >= 15 is 0 Å². The van der Waals surface area contributed by atoms with Crippen molar-refractivity contribution in [3.63, 3.8) is 0 Å². The van der Waals surface area contributed by atoms with E-state index in [0.29, 0.717) is 17.2 Å². The molecule has 0 unspecified atom stereocenters. The van der Waals surface area contributed by atoms with Gasteiger partial charge in [-0.05, 0) is 30.6 Å². The van der Waals surface area contributed by atoms with Crippen molar-refractivity contribution in [1.82, 2.24) is 9.97 Å². The van der Waals surface area contributed by atoms with E-state index in [9.17, 15) is 0 Å². The van der Waals surface area contributed by atoms with E-state index in [4.69, 9.17) is 4.74 Å². The fourth-order valence-corrected chi connectivity index (χ4v) is 3.25. The number of methoxy groups -OCH3 is 1. The van der Waals surface area contributed by atoms with Crippen molar-refractivity contribution in [1.29, 1.82) is 0 Å². The fraction of sp³-hybridized carbons (Fsp3) is 0.733. The van der Waals surface area contributed by atoms with Crippen LogP contribution in [-0.4, -0.2) is 23.6 Å². The van der Waals surface area contributed by atoms with Crippen molar-refractivity contribution >= 4 is 5.95 Å². The molecule has 1 N–H and O–H groups in total. The highest BCUT2D eigenvalue weighted by molar-refractivity contribution is 5.28. The number of hydrogen-bond acceptors (Lipinski definition) is 4. The molecule has 106 valence electrons. The lowest BCUT2D eigenvalue weighted by atomic mass is 9.78. The molecule has 0 saturated heterocycles. The highest BCUT2D eigenvalue weighted by Gasteiger charge is 2.34. The number of ether oxygens (including phenoxy) is 1. The summed E-state index contributed by atoms with van der Waals surface area (Å²) in [5, 5.41) is 3.41. The number of hydrogen-bond donors (Lipinski definition) is 1. The lowest BCUT2D eigenvalue weighted by molar-refractivity contribution is 0.252. The summed E-state index contributed by atoms with van der Waals surface area (Å²) in [5.41, 5.74) is 0.431. The van der Waals surface area contributed by atoms with Crippen LogP contribution in [-0.2, 0) is 0 Å². The predicted molar refractivity (Wildman–Crippen MR) is 77.4 cm³/mol. The zero-order valence-corrected chi connectivity index (χ0v) is 12.3. The molecule has 1 aromatic rings. The molecule has 1 aromatic heterocycles. The topological polar surface area (TPSA) is 47.0 Å². The van der Waals surface area contributed by atoms with Gasteiger partial charge in [0.25, 0.3) is 0 Å². The second kappa shape index (κ2) is 6.22. The van der Waals surface area contributed by atoms with Crippen molar-refractivity contribution in [2.45, 2.75) is 46.0 Å². The molecule has 0 aliphatic heterocycles. The van der Waals surface area contributed by atoms with Crippen LogP contribution in [0.15, 0.2) is 12.3 Å². The Bertz CT molecular complexity index is 400. The molecular formula is C15H25N3O. The molecule has 1 fully saturated rings. The summed E-state index contributed by atoms with van der Waals surface area (Å²) in [4.78, 5) is 8.57. The van der Waals surface area contributed by atoms with E-state index in [1.54, 1.807) is 19.4 Å². The van der Waals surface area contributed by atoms with Crippen molar-refractivity contribution in [2.24, 2.45) is 11.3 Å². The Hall–Kier alpha value is -1.32. The maximum absolute atomic E-state index is 5.13. The van der Waals surface area contributed by atoms with Crippen LogP contribution in [0.3, 0.4) is 0 Å². The Balaban J connectivity index is 1.98. The predicted octanol–water partition coefficient (Wildman–Crippen LogP) is 3.50. The zero-order chi connectivity index (χ0) is 13.7. The minimum absolute atomic E-state index is 0.431. The molecule has 1 saturated carbocycles. The lowest BCUT2D eigenvalue weighted by Crippen LogP contribution is -2.29. The molecule has 0 atom stereocenters. The van der Waals surface area contributed by atoms with Crippen LogP contribution in [0.4, 0.5) is 5.95 Å². The summed E-state index contributed by atoms with van der Waals surface area (Å²) in [6.45, 7) is 5.59. The quantitative estimate of drug-likeness (QED) is 0.853. The summed E-state index contributed by atoms with van der Waals surface area (Å²) < 4.78 is 5.13. The summed E-state index contributed by atoms with van der Waals surface area (Å²) in [6, 6.07) is 1.77. The van der Waals surface area contributed by atoms with Gasteiger partial charge in [0.15, 0.2) is 0 Å². The molecular weight excluding hydrogens is 238 g/mol. The van der Waals surface area contributed by atoms with E-state index in [2.05, 4.69) is 29.1 Å². The largest absolute Gasteiger partial charge is 0.481 e. The minimum Gasteiger partial charge on any atom is -0.481 e. The Kier molecular flexibility index (Phi) is 4.61. The SMILES string of the molecule is COc1ccnc(NCC2(CC(C)C)CCCC2)n1. The van der Waals surface area contributed by atoms with Crippen LogP contribution >= 0.6 is 0 Å². The molecule has 1 aliphatic rings. The van der Waals surface area contributed by atoms with Gasteiger partial charge in [-0.25, -0.2) is 4.98 Å². The number of rotatable bonds is 6. The molecule has 0 amide bonds. The van der Waals surface area contributed by atoms with Gasteiger partial charge in [0.1, 0.15) is 0 Å². The Morgan fingerprint density at radius 3 is 2.74 bits per heavy atom. The fourth-order valence-electron chi connectivity index (χ4n) is 3.25. The van der Waals surface area contributed by atoms with Crippen LogP contribution in [0.2, 0.25) is 0 Å². The van der Waals surface area contributed by atoms with Gasteiger partial charge in [0.05, 0.1) is 7.11 Å². The van der Waals surface area contributed by atoms with Crippen LogP contribution in [0, 0.1) is 11.3 Å². The zero-order valence-electron chi connectivity index (χ0n) is 12.3. The van der Waals surface area contributed by atoms with Crippen LogP contribution in [0.25, 0.3) is 0 Å². The van der Waals surface area contributed by atoms with Crippen molar-refractivity contribution < 1.29 is 4.74 Å². The molecule has 0 spiro atoms. The normalized spacial score (nSPS) is 17.7. The lowest BCUT2D eigenvalue weighted by Gasteiger charge is -2.31. The molecule has 0 radical (unpaired) electrons. The first kappa shape index (κ1) is 14.1. The third-order valence-corrected chi connectivity index (χ3v) is 3.97. The summed E-state index contributed by atoms with van der Waals surface area (Å²) in [6.07, 6.45) is 8.37. The monoisotopic (exact) mass is 263 g/mol. The second-order valence-electron chi connectivity index (χ2n) is 6.08. The van der Waals surface area contributed by atoms with Gasteiger partial charge in [-0.15, -0.1) is 0 Å². The van der Waals surface area contributed by atoms with Gasteiger partial charge < -0.3 is 10.1 Å². The van der Waals surface area contributed by atoms with Crippen molar-refractivity contribution in [3.8, 4) is 5.88 Å². The standard InChI is InChI=1S/C15H25N3O/c1-12(2)10-15(7-4-5-8-15)11-17-14-16-9-6-13(18-14)19-3/h6,9,12H,4-5,7-8,10-11H2,1-3H3,(H,16,17,18). The van der Waals surface area contributed by atoms with Crippen molar-refractivity contribution in [2.75, 3.05) is 19.0 Å². The van der Waals surface area contributed by atoms with Gasteiger partial charge in [0, 0.05) is 18.8 Å². The van der Waals surface area contributed by atoms with Gasteiger partial charge in [-0.2, -0.15) is 4.98 Å². The Morgan fingerprint density at radius 2 is 2.11 bits per heavy atom. The molecule has 2 rings (SSSR count). The third kappa shape index (κ3) is 3.82. The molecule has 4 nitrogen and oxygen atoms in total. The molecule has 4 heteroatoms. The van der Waals surface area contributed by atoms with Gasteiger partial charge in [-0.1, -0.05) is 26.7 Å². The number of anilines is 1. The first-order valence-corrected chi connectivity index (χ1v) is 7.24. The first-order valence-electron chi connectivity index (χ1n) is 7.24. The van der Waals surface area contributed by atoms with Gasteiger partial charge >= 0.3 is 0 Å². The van der Waals surface area contributed by atoms with Gasteiger partial charge in [0.2, 0.25) is 11.8 Å². The smallest absolute Gasteiger partial charge is 0.225 e. The third-order valence-electron chi connectivity index (χ3n) is 3.97. The Morgan fingerprint density at radius 1 is 1.37 bits per heavy atom. The number of nitrogens with one attached hydrogen (secondary N) is 1. The van der Waals surface area contributed by atoms with Crippen molar-refractivity contribution in [3.05, 3.63) is 12.3 Å². The van der Waals surface area contributed by atoms with Crippen LogP contribution in [0.5, 0.6) is 5.88 Å². The Labute approximate surface area is 116 Å². The highest BCUT2D eigenvalue weighted by Crippen LogP contribution is 2.43. The summed E-state index contributed by atoms with van der Waals surface area (Å²) >= 11 is 0. The summed E-state index contributed by atoms with van der Waals surface area (Å²) in [7, 11) is 1.63. The van der Waals surface area contributed by atoms with E-state index in [1.807, 2.05) is 0 Å². The van der Waals surface area contributed by atoms with E-state index in [0.717, 1.165) is 12.5 Å². The van der Waals surface area contributed by atoms with E-state index in [1.165, 1.54) is 32.1 Å². The average molecular weight is 263 g/mol. The number of nitrogens with zero attached hydrogens (tertiary/aromatic N) is 2. The van der Waals surface area contributed by atoms with E-state index in [-0.39, 0.29) is 0 Å². The average Bonchev–Trinajstić information content (AvgIpc) is 2.85. The molecule has 0 aromatic carbocycles. The highest BCUT2D eigenvalue weighted by atomic mass is 16.5. The second-order valence-corrected chi connectivity index (χ2v) is 6.08. The molecule has 0 bridgehead atoms. The van der Waals surface area contributed by atoms with E-state index < -0.39 is 0 Å². The maximum Gasteiger partial charge on any atom is 0.225 e. The van der Waals surface area contributed by atoms with Gasteiger partial charge in [-0.3, -0.25) is 0 Å². The molecule has 1 aliphatic carbocycles. The number of aromatic nitrogens is 2. The maximum atomic E-state index is 5.13. The first-order chi connectivity index (χ1) is 9.13. The van der Waals surface area contributed by atoms with Crippen LogP contribution in [0.1, 0.15) is 46.0 Å². The summed E-state index contributed by atoms with van der Waals surface area (Å²) in [5.74, 6) is 2.03. The molecule has 19 heavy (non-hydrogen) atoms. The minimum atomic E-state index is 0.431. The molecule has 1 heterocycles. The van der Waals surface area contributed by atoms with Crippen LogP contribution < -0.4 is 10.1 Å².